The third-order valence-corrected chi connectivity index (χ3v) is 4.01. The van der Waals surface area contributed by atoms with Crippen molar-refractivity contribution in [2.75, 3.05) is 7.11 Å². The van der Waals surface area contributed by atoms with Gasteiger partial charge in [-0.05, 0) is 48.0 Å². The van der Waals surface area contributed by atoms with Crippen molar-refractivity contribution in [1.82, 2.24) is 0 Å². The van der Waals surface area contributed by atoms with Crippen molar-refractivity contribution in [3.63, 3.8) is 0 Å². The largest absolute Gasteiger partial charge is 0.465 e. The predicted octanol–water partition coefficient (Wildman–Crippen LogP) is 5.45. The monoisotopic (exact) mass is 363 g/mol. The fraction of sp³-hybridized carbons (Fsp3) is 0.0476. The Kier molecular flexibility index (Phi) is 5.21. The van der Waals surface area contributed by atoms with Gasteiger partial charge in [0.15, 0.2) is 0 Å². The number of hydrogen-bond acceptors (Lipinski definition) is 4. The van der Waals surface area contributed by atoms with E-state index in [2.05, 4.69) is 6.07 Å². The highest BCUT2D eigenvalue weighted by molar-refractivity contribution is 6.30. The van der Waals surface area contributed by atoms with Gasteiger partial charge in [0.2, 0.25) is 0 Å². The molecule has 3 aromatic rings. The smallest absolute Gasteiger partial charge is 0.337 e. The van der Waals surface area contributed by atoms with E-state index in [9.17, 15) is 10.1 Å². The molecule has 0 aliphatic heterocycles. The number of hydrogen-bond donors (Lipinski definition) is 0. The standard InChI is InChI=1S/C21H14ClNO3/c1-25-21(24)16-4-2-3-15(11-16)20-10-9-19(26-20)12-17(13-23)14-5-7-18(22)8-6-14/h2-12H,1H3/b17-12+. The number of ether oxygens (including phenoxy) is 1. The number of carbonyl (C=O) groups is 1. The number of esters is 1. The lowest BCUT2D eigenvalue weighted by Gasteiger charge is -2.02. The van der Waals surface area contributed by atoms with Crippen molar-refractivity contribution in [3.05, 3.63) is 82.6 Å². The van der Waals surface area contributed by atoms with Gasteiger partial charge in [-0.1, -0.05) is 35.9 Å². The van der Waals surface area contributed by atoms with Crippen LogP contribution >= 0.6 is 11.6 Å². The van der Waals surface area contributed by atoms with Gasteiger partial charge >= 0.3 is 5.97 Å². The van der Waals surface area contributed by atoms with Gasteiger partial charge in [-0.25, -0.2) is 4.79 Å². The molecule has 0 fully saturated rings. The molecule has 0 bridgehead atoms. The van der Waals surface area contributed by atoms with Crippen LogP contribution in [0.4, 0.5) is 0 Å². The molecular formula is C21H14ClNO3. The Labute approximate surface area is 155 Å². The van der Waals surface area contributed by atoms with Crippen LogP contribution in [0.1, 0.15) is 21.7 Å². The van der Waals surface area contributed by atoms with Gasteiger partial charge in [0.25, 0.3) is 0 Å². The Morgan fingerprint density at radius 1 is 1.12 bits per heavy atom. The molecule has 3 rings (SSSR count). The summed E-state index contributed by atoms with van der Waals surface area (Å²) >= 11 is 5.88. The van der Waals surface area contributed by atoms with Crippen molar-refractivity contribution < 1.29 is 13.9 Å². The van der Waals surface area contributed by atoms with E-state index in [4.69, 9.17) is 20.8 Å². The molecule has 0 atom stereocenters. The molecular weight excluding hydrogens is 350 g/mol. The van der Waals surface area contributed by atoms with E-state index >= 15 is 0 Å². The van der Waals surface area contributed by atoms with Gasteiger partial charge in [0.1, 0.15) is 11.5 Å². The van der Waals surface area contributed by atoms with E-state index in [0.717, 1.165) is 11.1 Å². The third-order valence-electron chi connectivity index (χ3n) is 3.76. The molecule has 128 valence electrons. The molecule has 1 heterocycles. The molecule has 0 aliphatic carbocycles. The second-order valence-electron chi connectivity index (χ2n) is 5.45. The maximum atomic E-state index is 11.7. The second-order valence-corrected chi connectivity index (χ2v) is 5.89. The highest BCUT2D eigenvalue weighted by Crippen LogP contribution is 2.26. The maximum Gasteiger partial charge on any atom is 0.337 e. The Balaban J connectivity index is 1.91. The van der Waals surface area contributed by atoms with Crippen LogP contribution in [0, 0.1) is 11.3 Å². The van der Waals surface area contributed by atoms with Crippen molar-refractivity contribution in [1.29, 1.82) is 5.26 Å². The van der Waals surface area contributed by atoms with Gasteiger partial charge in [0.05, 0.1) is 24.3 Å². The molecule has 0 aliphatic rings. The van der Waals surface area contributed by atoms with Crippen molar-refractivity contribution in [2.45, 2.75) is 0 Å². The highest BCUT2D eigenvalue weighted by atomic mass is 35.5. The summed E-state index contributed by atoms with van der Waals surface area (Å²) in [7, 11) is 1.34. The van der Waals surface area contributed by atoms with Crippen molar-refractivity contribution in [3.8, 4) is 17.4 Å². The van der Waals surface area contributed by atoms with Crippen LogP contribution in [-0.4, -0.2) is 13.1 Å². The van der Waals surface area contributed by atoms with Gasteiger partial charge in [0, 0.05) is 10.6 Å². The SMILES string of the molecule is COC(=O)c1cccc(-c2ccc(/C=C(\C#N)c3ccc(Cl)cc3)o2)c1. The lowest BCUT2D eigenvalue weighted by Crippen LogP contribution is -2.00. The van der Waals surface area contributed by atoms with Gasteiger partial charge in [-0.3, -0.25) is 0 Å². The molecule has 5 heteroatoms. The molecule has 0 N–H and O–H groups in total. The van der Waals surface area contributed by atoms with Crippen LogP contribution in [0.25, 0.3) is 23.0 Å². The number of nitriles is 1. The van der Waals surface area contributed by atoms with E-state index in [1.165, 1.54) is 7.11 Å². The zero-order valence-electron chi connectivity index (χ0n) is 13.9. The fourth-order valence-corrected chi connectivity index (χ4v) is 2.58. The Morgan fingerprint density at radius 3 is 2.58 bits per heavy atom. The van der Waals surface area contributed by atoms with Crippen LogP contribution < -0.4 is 0 Å². The molecule has 0 amide bonds. The number of halogens is 1. The lowest BCUT2D eigenvalue weighted by molar-refractivity contribution is 0.0601. The number of methoxy groups -OCH3 is 1. The van der Waals surface area contributed by atoms with E-state index < -0.39 is 5.97 Å². The molecule has 0 saturated heterocycles. The number of furan rings is 1. The first-order valence-electron chi connectivity index (χ1n) is 7.77. The lowest BCUT2D eigenvalue weighted by atomic mass is 10.1. The summed E-state index contributed by atoms with van der Waals surface area (Å²) in [5.74, 6) is 0.721. The summed E-state index contributed by atoms with van der Waals surface area (Å²) in [5, 5.41) is 10.0. The van der Waals surface area contributed by atoms with Crippen LogP contribution in [0.3, 0.4) is 0 Å². The van der Waals surface area contributed by atoms with Crippen LogP contribution in [0.15, 0.2) is 65.1 Å². The zero-order chi connectivity index (χ0) is 18.5. The first-order valence-corrected chi connectivity index (χ1v) is 8.15. The fourth-order valence-electron chi connectivity index (χ4n) is 2.45. The number of carbonyl (C=O) groups excluding carboxylic acids is 1. The van der Waals surface area contributed by atoms with Crippen LogP contribution in [0.2, 0.25) is 5.02 Å². The zero-order valence-corrected chi connectivity index (χ0v) is 14.7. The van der Waals surface area contributed by atoms with Gasteiger partial charge in [-0.2, -0.15) is 5.26 Å². The average molecular weight is 364 g/mol. The summed E-state index contributed by atoms with van der Waals surface area (Å²) < 4.78 is 10.5. The number of nitrogens with zero attached hydrogens (tertiary/aromatic N) is 1. The molecule has 0 saturated carbocycles. The van der Waals surface area contributed by atoms with Crippen molar-refractivity contribution >= 4 is 29.2 Å². The Hall–Kier alpha value is -3.29. The molecule has 26 heavy (non-hydrogen) atoms. The summed E-state index contributed by atoms with van der Waals surface area (Å²) in [6, 6.07) is 19.7. The summed E-state index contributed by atoms with van der Waals surface area (Å²) in [6.07, 6.45) is 1.66. The molecule has 0 unspecified atom stereocenters. The number of rotatable bonds is 4. The predicted molar refractivity (Wildman–Crippen MR) is 100 cm³/mol. The quantitative estimate of drug-likeness (QED) is 0.456. The van der Waals surface area contributed by atoms with E-state index in [1.807, 2.05) is 6.07 Å². The van der Waals surface area contributed by atoms with E-state index in [0.29, 0.717) is 27.7 Å². The molecule has 4 nitrogen and oxygen atoms in total. The molecule has 0 radical (unpaired) electrons. The van der Waals surface area contributed by atoms with E-state index in [1.54, 1.807) is 60.7 Å². The first-order chi connectivity index (χ1) is 12.6. The minimum atomic E-state index is -0.409. The highest BCUT2D eigenvalue weighted by Gasteiger charge is 2.10. The van der Waals surface area contributed by atoms with Gasteiger partial charge < -0.3 is 9.15 Å². The summed E-state index contributed by atoms with van der Waals surface area (Å²) in [4.78, 5) is 11.7. The first kappa shape index (κ1) is 17.5. The summed E-state index contributed by atoms with van der Waals surface area (Å²) in [5.41, 5.74) is 2.41. The average Bonchev–Trinajstić information content (AvgIpc) is 3.15. The maximum absolute atomic E-state index is 11.7. The number of allylic oxidation sites excluding steroid dienone is 1. The van der Waals surface area contributed by atoms with Gasteiger partial charge in [-0.15, -0.1) is 0 Å². The van der Waals surface area contributed by atoms with Crippen LogP contribution in [-0.2, 0) is 4.74 Å². The normalized spacial score (nSPS) is 11.0. The third kappa shape index (κ3) is 3.85. The van der Waals surface area contributed by atoms with Crippen molar-refractivity contribution in [2.24, 2.45) is 0 Å². The summed E-state index contributed by atoms with van der Waals surface area (Å²) in [6.45, 7) is 0. The Morgan fingerprint density at radius 2 is 1.88 bits per heavy atom. The van der Waals surface area contributed by atoms with E-state index in [-0.39, 0.29) is 0 Å². The second kappa shape index (κ2) is 7.73. The molecule has 1 aromatic heterocycles. The topological polar surface area (TPSA) is 63.2 Å². The minimum absolute atomic E-state index is 0.409. The Bertz CT molecular complexity index is 1010. The molecule has 2 aromatic carbocycles. The van der Waals surface area contributed by atoms with Crippen LogP contribution in [0.5, 0.6) is 0 Å². The number of benzene rings is 2. The molecule has 0 spiro atoms. The minimum Gasteiger partial charge on any atom is -0.465 e.